The molecule has 13 nitrogen and oxygen atoms in total. The van der Waals surface area contributed by atoms with Crippen LogP contribution in [0.1, 0.15) is 62.3 Å². The van der Waals surface area contributed by atoms with Crippen LogP contribution < -0.4 is 14.2 Å². The Hall–Kier alpha value is -5.35. The van der Waals surface area contributed by atoms with Gasteiger partial charge in [0.05, 0.1) is 79.3 Å². The summed E-state index contributed by atoms with van der Waals surface area (Å²) in [7, 11) is 4.91. The lowest BCUT2D eigenvalue weighted by atomic mass is 9.90. The van der Waals surface area contributed by atoms with Crippen molar-refractivity contribution in [2.24, 2.45) is 0 Å². The molecule has 0 N–H and O–H groups in total. The summed E-state index contributed by atoms with van der Waals surface area (Å²) in [5, 5.41) is 0. The summed E-state index contributed by atoms with van der Waals surface area (Å²) in [6, 6.07) is 33.2. The van der Waals surface area contributed by atoms with E-state index < -0.39 is 72.6 Å². The van der Waals surface area contributed by atoms with E-state index in [1.807, 2.05) is 142 Å². The topological polar surface area (TPSA) is 128 Å². The number of ether oxygens (including phenoxy) is 12. The van der Waals surface area contributed by atoms with E-state index in [2.05, 4.69) is 12.7 Å². The molecule has 376 valence electrons. The number of hydrogen-bond acceptors (Lipinski definition) is 13. The Bertz CT molecular complexity index is 2240. The lowest BCUT2D eigenvalue weighted by Gasteiger charge is -2.46. The lowest BCUT2D eigenvalue weighted by Crippen LogP contribution is -2.61. The summed E-state index contributed by atoms with van der Waals surface area (Å²) < 4.78 is 76.2. The fourth-order valence-corrected chi connectivity index (χ4v) is 8.64. The van der Waals surface area contributed by atoms with Crippen LogP contribution in [-0.4, -0.2) is 107 Å². The van der Waals surface area contributed by atoms with Gasteiger partial charge in [-0.3, -0.25) is 0 Å². The minimum absolute atomic E-state index is 0.0758. The molecule has 1 fully saturated rings. The average molecular weight is 963 g/mol. The Morgan fingerprint density at radius 3 is 1.83 bits per heavy atom. The van der Waals surface area contributed by atoms with Gasteiger partial charge in [0.2, 0.25) is 0 Å². The molecule has 0 bridgehead atoms. The van der Waals surface area contributed by atoms with Gasteiger partial charge in [0, 0.05) is 6.42 Å². The number of methoxy groups -OCH3 is 3. The van der Waals surface area contributed by atoms with Crippen LogP contribution in [0.2, 0.25) is 0 Å². The first-order valence-corrected chi connectivity index (χ1v) is 24.1. The number of carbonyl (C=O) groups excluding carboxylic acids is 1. The van der Waals surface area contributed by atoms with Crippen molar-refractivity contribution < 1.29 is 61.6 Å². The zero-order valence-corrected chi connectivity index (χ0v) is 41.4. The van der Waals surface area contributed by atoms with E-state index in [4.69, 9.17) is 56.8 Å². The maximum atomic E-state index is 14.6. The normalized spacial score (nSPS) is 25.5. The maximum Gasteiger partial charge on any atom is 0.335 e. The van der Waals surface area contributed by atoms with E-state index in [1.165, 1.54) is 0 Å². The minimum atomic E-state index is -1.12. The number of hydrogen-bond donors (Lipinski definition) is 0. The van der Waals surface area contributed by atoms with Gasteiger partial charge in [0.1, 0.15) is 59.5 Å². The van der Waals surface area contributed by atoms with Gasteiger partial charge < -0.3 is 56.8 Å². The molecule has 0 amide bonds. The summed E-state index contributed by atoms with van der Waals surface area (Å²) in [6.45, 7) is 11.5. The summed E-state index contributed by atoms with van der Waals surface area (Å²) in [4.78, 5) is 14.6. The van der Waals surface area contributed by atoms with Crippen LogP contribution in [-0.2, 0) is 73.9 Å². The Morgan fingerprint density at radius 1 is 0.671 bits per heavy atom. The molecule has 1 unspecified atom stereocenters. The van der Waals surface area contributed by atoms with Gasteiger partial charge in [-0.1, -0.05) is 97.1 Å². The molecule has 10 atom stereocenters. The molecule has 13 heteroatoms. The molecule has 3 aliphatic rings. The van der Waals surface area contributed by atoms with Crippen LogP contribution in [0, 0.1) is 0 Å². The first kappa shape index (κ1) is 52.5. The summed E-state index contributed by atoms with van der Waals surface area (Å²) >= 11 is 0. The van der Waals surface area contributed by atoms with Crippen LogP contribution in [0.15, 0.2) is 140 Å². The highest BCUT2D eigenvalue weighted by Gasteiger charge is 2.50. The Kier molecular flexibility index (Phi) is 19.6. The first-order valence-electron chi connectivity index (χ1n) is 24.1. The van der Waals surface area contributed by atoms with Gasteiger partial charge in [-0.15, -0.1) is 6.58 Å². The first-order chi connectivity index (χ1) is 34.0. The van der Waals surface area contributed by atoms with Gasteiger partial charge in [0.15, 0.2) is 6.10 Å². The monoisotopic (exact) mass is 962 g/mol. The SMILES string of the molecule is C=C[C@@H]1O[C@H](COCc2ccc(OC)cc2)[C@@H](OCc2ccc(OC)cc2)/C=C\C[C@H]1OC(C[C@H]1O[C@H]2CC=CCO[C@@H]2[C@@H](OCc2ccccc2)[C@@H]1OCc1ccc(OC)cc1)C(=O)OC(C)(C)C. The van der Waals surface area contributed by atoms with Crippen molar-refractivity contribution >= 4 is 5.97 Å². The van der Waals surface area contributed by atoms with E-state index >= 15 is 0 Å². The molecule has 4 aromatic carbocycles. The van der Waals surface area contributed by atoms with Crippen LogP contribution >= 0.6 is 0 Å². The van der Waals surface area contributed by atoms with Crippen LogP contribution in [0.3, 0.4) is 0 Å². The van der Waals surface area contributed by atoms with Gasteiger partial charge in [-0.25, -0.2) is 4.79 Å². The number of fused-ring (bicyclic) bond motifs is 1. The van der Waals surface area contributed by atoms with Crippen molar-refractivity contribution in [2.45, 2.75) is 133 Å². The Labute approximate surface area is 413 Å². The predicted molar refractivity (Wildman–Crippen MR) is 265 cm³/mol. The third-order valence-electron chi connectivity index (χ3n) is 12.3. The number of rotatable bonds is 22. The molecule has 70 heavy (non-hydrogen) atoms. The second kappa shape index (κ2) is 26.2. The third kappa shape index (κ3) is 15.3. The highest BCUT2D eigenvalue weighted by atomic mass is 16.6. The third-order valence-corrected chi connectivity index (χ3v) is 12.3. The summed E-state index contributed by atoms with van der Waals surface area (Å²) in [6.07, 6.45) is 4.35. The van der Waals surface area contributed by atoms with Crippen molar-refractivity contribution in [2.75, 3.05) is 34.5 Å². The number of benzene rings is 4. The Balaban J connectivity index is 1.16. The number of carbonyl (C=O) groups is 1. The van der Waals surface area contributed by atoms with Crippen molar-refractivity contribution in [3.8, 4) is 17.2 Å². The fraction of sp³-hybridized carbons (Fsp3) is 0.456. The molecule has 1 saturated heterocycles. The average Bonchev–Trinajstić information content (AvgIpc) is 3.62. The smallest absolute Gasteiger partial charge is 0.335 e. The summed E-state index contributed by atoms with van der Waals surface area (Å²) in [5.74, 6) is 1.72. The van der Waals surface area contributed by atoms with Crippen molar-refractivity contribution in [3.63, 3.8) is 0 Å². The molecule has 0 aliphatic carbocycles. The molecule has 7 rings (SSSR count). The van der Waals surface area contributed by atoms with E-state index in [0.717, 1.165) is 39.5 Å². The number of esters is 1. The van der Waals surface area contributed by atoms with Crippen molar-refractivity contribution in [1.29, 1.82) is 0 Å². The van der Waals surface area contributed by atoms with Gasteiger partial charge >= 0.3 is 5.97 Å². The molecule has 3 heterocycles. The van der Waals surface area contributed by atoms with Gasteiger partial charge in [-0.2, -0.15) is 0 Å². The van der Waals surface area contributed by atoms with E-state index in [0.29, 0.717) is 39.3 Å². The fourth-order valence-electron chi connectivity index (χ4n) is 8.64. The summed E-state index contributed by atoms with van der Waals surface area (Å²) in [5.41, 5.74) is 3.05. The minimum Gasteiger partial charge on any atom is -0.497 e. The highest BCUT2D eigenvalue weighted by molar-refractivity contribution is 5.75. The molecule has 0 radical (unpaired) electrons. The van der Waals surface area contributed by atoms with Gasteiger partial charge in [-0.05, 0) is 92.3 Å². The maximum absolute atomic E-state index is 14.6. The highest BCUT2D eigenvalue weighted by Crippen LogP contribution is 2.36. The van der Waals surface area contributed by atoms with E-state index in [9.17, 15) is 4.79 Å². The van der Waals surface area contributed by atoms with Crippen LogP contribution in [0.25, 0.3) is 0 Å². The quantitative estimate of drug-likeness (QED) is 0.0549. The second-order valence-corrected chi connectivity index (χ2v) is 18.6. The zero-order valence-electron chi connectivity index (χ0n) is 41.4. The molecule has 0 aromatic heterocycles. The predicted octanol–water partition coefficient (Wildman–Crippen LogP) is 9.48. The molecule has 4 aromatic rings. The Morgan fingerprint density at radius 2 is 1.24 bits per heavy atom. The van der Waals surface area contributed by atoms with Crippen molar-refractivity contribution in [3.05, 3.63) is 162 Å². The van der Waals surface area contributed by atoms with Gasteiger partial charge in [0.25, 0.3) is 0 Å². The lowest BCUT2D eigenvalue weighted by molar-refractivity contribution is -0.265. The molecule has 0 saturated carbocycles. The standard InChI is InChI=1S/C57H70O13/c1-8-46-48(19-14-18-47(64-35-41-22-28-44(60-6)29-23-41)52(67-46)38-62-34-40-20-26-43(59-5)27-21-40)68-51(56(58)70-57(2,3)4)33-50-54(65-37-42-24-30-45(61-7)31-25-42)55(66-36-39-15-10-9-11-16-39)53-49(69-50)17-12-13-32-63-53/h8-16,18,20-31,46-55H,1,17,19,32-38H2,2-7H3/b18-14-/t46-,47-,48+,49-,50+,51?,52+,53-,54+,55+/m0/s1. The molecule has 0 spiro atoms. The van der Waals surface area contributed by atoms with Crippen LogP contribution in [0.5, 0.6) is 17.2 Å². The largest absolute Gasteiger partial charge is 0.497 e. The van der Waals surface area contributed by atoms with E-state index in [1.54, 1.807) is 27.4 Å². The van der Waals surface area contributed by atoms with Crippen molar-refractivity contribution in [1.82, 2.24) is 0 Å². The molecular weight excluding hydrogens is 893 g/mol. The molecular formula is C57H70O13. The second-order valence-electron chi connectivity index (χ2n) is 18.6. The molecule has 3 aliphatic heterocycles. The van der Waals surface area contributed by atoms with Crippen LogP contribution in [0.4, 0.5) is 0 Å². The van der Waals surface area contributed by atoms with E-state index in [-0.39, 0.29) is 19.6 Å². The zero-order chi connectivity index (χ0) is 49.3.